The summed E-state index contributed by atoms with van der Waals surface area (Å²) in [5, 5.41) is 12.4. The van der Waals surface area contributed by atoms with Crippen molar-refractivity contribution in [2.45, 2.75) is 43.2 Å². The average Bonchev–Trinajstić information content (AvgIpc) is 3.05. The lowest BCUT2D eigenvalue weighted by Crippen LogP contribution is -2.54. The number of nitriles is 1. The third-order valence-corrected chi connectivity index (χ3v) is 6.73. The summed E-state index contributed by atoms with van der Waals surface area (Å²) in [4.78, 5) is 21.1. The molecular formula is C23H27N5O. The van der Waals surface area contributed by atoms with Crippen LogP contribution in [0.1, 0.15) is 36.8 Å². The highest BCUT2D eigenvalue weighted by molar-refractivity contribution is 5.96. The number of hydrogen-bond donors (Lipinski definition) is 1. The first-order valence-electron chi connectivity index (χ1n) is 10.1. The summed E-state index contributed by atoms with van der Waals surface area (Å²) in [5.41, 5.74) is 2.69. The predicted molar refractivity (Wildman–Crippen MR) is 112 cm³/mol. The molecule has 1 N–H and O–H groups in total. The quantitative estimate of drug-likeness (QED) is 0.869. The average molecular weight is 390 g/mol. The molecule has 1 aromatic carbocycles. The van der Waals surface area contributed by atoms with Crippen LogP contribution in [0.3, 0.4) is 0 Å². The number of pyridine rings is 1. The molecule has 29 heavy (non-hydrogen) atoms. The standard InChI is InChI=1S/C23H27N5O/c1-27(2)23(19-6-4-3-5-7-19)12-10-22(11-13-23)17-28(21(29)26-22)20-16-25-15-9-18(20)8-14-24/h3-7,9,15-16H,8,10-13,17H2,1-2H3,(H,26,29). The van der Waals surface area contributed by atoms with Gasteiger partial charge >= 0.3 is 6.03 Å². The van der Waals surface area contributed by atoms with E-state index < -0.39 is 0 Å². The number of nitrogens with one attached hydrogen (secondary N) is 1. The Labute approximate surface area is 172 Å². The Morgan fingerprint density at radius 1 is 1.17 bits per heavy atom. The molecule has 2 fully saturated rings. The molecule has 150 valence electrons. The Balaban J connectivity index is 1.57. The number of benzene rings is 1. The fourth-order valence-electron chi connectivity index (χ4n) is 4.96. The summed E-state index contributed by atoms with van der Waals surface area (Å²) in [5.74, 6) is 0. The number of aromatic nitrogens is 1. The molecule has 1 aliphatic carbocycles. The maximum Gasteiger partial charge on any atom is 0.322 e. The van der Waals surface area contributed by atoms with Gasteiger partial charge in [-0.1, -0.05) is 30.3 Å². The second-order valence-corrected chi connectivity index (χ2v) is 8.43. The predicted octanol–water partition coefficient (Wildman–Crippen LogP) is 3.45. The maximum absolute atomic E-state index is 12.9. The van der Waals surface area contributed by atoms with E-state index in [1.54, 1.807) is 17.3 Å². The molecular weight excluding hydrogens is 362 g/mol. The number of amides is 2. The highest BCUT2D eigenvalue weighted by Crippen LogP contribution is 2.46. The number of carbonyl (C=O) groups excluding carboxylic acids is 1. The van der Waals surface area contributed by atoms with E-state index in [1.807, 2.05) is 6.07 Å². The molecule has 0 radical (unpaired) electrons. The number of hydrogen-bond acceptors (Lipinski definition) is 4. The molecule has 1 spiro atoms. The lowest BCUT2D eigenvalue weighted by Gasteiger charge is -2.48. The minimum Gasteiger partial charge on any atom is -0.330 e. The summed E-state index contributed by atoms with van der Waals surface area (Å²) < 4.78 is 0. The van der Waals surface area contributed by atoms with Crippen molar-refractivity contribution in [3.63, 3.8) is 0 Å². The van der Waals surface area contributed by atoms with Crippen LogP contribution in [0.25, 0.3) is 0 Å². The van der Waals surface area contributed by atoms with Crippen molar-refractivity contribution in [2.75, 3.05) is 25.5 Å². The molecule has 2 aliphatic rings. The lowest BCUT2D eigenvalue weighted by molar-refractivity contribution is 0.0658. The molecule has 0 atom stereocenters. The Kier molecular flexibility index (Phi) is 5.01. The van der Waals surface area contributed by atoms with Crippen LogP contribution in [-0.4, -0.2) is 42.1 Å². The van der Waals surface area contributed by atoms with Crippen LogP contribution in [0.2, 0.25) is 0 Å². The Morgan fingerprint density at radius 2 is 1.90 bits per heavy atom. The first kappa shape index (κ1) is 19.4. The van der Waals surface area contributed by atoms with Crippen molar-refractivity contribution < 1.29 is 4.79 Å². The summed E-state index contributed by atoms with van der Waals surface area (Å²) >= 11 is 0. The lowest BCUT2D eigenvalue weighted by atomic mass is 9.69. The van der Waals surface area contributed by atoms with Crippen molar-refractivity contribution in [1.82, 2.24) is 15.2 Å². The van der Waals surface area contributed by atoms with Crippen molar-refractivity contribution >= 4 is 11.7 Å². The third-order valence-electron chi connectivity index (χ3n) is 6.73. The summed E-state index contributed by atoms with van der Waals surface area (Å²) in [6, 6.07) is 14.6. The van der Waals surface area contributed by atoms with Gasteiger partial charge < -0.3 is 5.32 Å². The van der Waals surface area contributed by atoms with E-state index in [0.29, 0.717) is 6.54 Å². The van der Waals surface area contributed by atoms with Gasteiger partial charge in [0.15, 0.2) is 0 Å². The monoisotopic (exact) mass is 389 g/mol. The number of rotatable bonds is 4. The Morgan fingerprint density at radius 3 is 2.55 bits per heavy atom. The molecule has 0 unspecified atom stereocenters. The van der Waals surface area contributed by atoms with Crippen LogP contribution < -0.4 is 10.2 Å². The molecule has 1 aliphatic heterocycles. The first-order chi connectivity index (χ1) is 14.0. The van der Waals surface area contributed by atoms with Gasteiger partial charge in [0.05, 0.1) is 36.5 Å². The number of urea groups is 1. The molecule has 6 heteroatoms. The molecule has 1 saturated heterocycles. The van der Waals surface area contributed by atoms with Gasteiger partial charge in [-0.2, -0.15) is 5.26 Å². The van der Waals surface area contributed by atoms with Crippen LogP contribution in [0, 0.1) is 11.3 Å². The van der Waals surface area contributed by atoms with Gasteiger partial charge in [-0.25, -0.2) is 4.79 Å². The normalized spacial score (nSPS) is 26.6. The molecule has 0 bridgehead atoms. The highest BCUT2D eigenvalue weighted by atomic mass is 16.2. The minimum atomic E-state index is -0.231. The van der Waals surface area contributed by atoms with Crippen LogP contribution in [0.4, 0.5) is 10.5 Å². The van der Waals surface area contributed by atoms with Crippen molar-refractivity contribution in [3.8, 4) is 6.07 Å². The zero-order chi connectivity index (χ0) is 20.5. The number of carbonyl (C=O) groups is 1. The molecule has 6 nitrogen and oxygen atoms in total. The van der Waals surface area contributed by atoms with Gasteiger partial charge in [-0.05, 0) is 57.0 Å². The van der Waals surface area contributed by atoms with E-state index >= 15 is 0 Å². The fourth-order valence-corrected chi connectivity index (χ4v) is 4.96. The molecule has 1 saturated carbocycles. The summed E-state index contributed by atoms with van der Waals surface area (Å²) in [6.45, 7) is 0.619. The van der Waals surface area contributed by atoms with E-state index in [4.69, 9.17) is 5.26 Å². The van der Waals surface area contributed by atoms with Gasteiger partial charge in [0.25, 0.3) is 0 Å². The zero-order valence-electron chi connectivity index (χ0n) is 17.1. The third kappa shape index (κ3) is 3.36. The van der Waals surface area contributed by atoms with Gasteiger partial charge in [0, 0.05) is 11.7 Å². The molecule has 4 rings (SSSR count). The smallest absolute Gasteiger partial charge is 0.322 e. The van der Waals surface area contributed by atoms with Gasteiger partial charge in [0.2, 0.25) is 0 Å². The topological polar surface area (TPSA) is 72.3 Å². The van der Waals surface area contributed by atoms with Crippen molar-refractivity contribution in [3.05, 3.63) is 59.9 Å². The van der Waals surface area contributed by atoms with E-state index in [0.717, 1.165) is 36.9 Å². The van der Waals surface area contributed by atoms with Gasteiger partial charge in [0.1, 0.15) is 0 Å². The Bertz CT molecular complexity index is 926. The molecule has 2 aromatic rings. The van der Waals surface area contributed by atoms with Gasteiger partial charge in [-0.3, -0.25) is 14.8 Å². The van der Waals surface area contributed by atoms with E-state index in [2.05, 4.69) is 65.7 Å². The fraction of sp³-hybridized carbons (Fsp3) is 0.435. The highest BCUT2D eigenvalue weighted by Gasteiger charge is 2.50. The van der Waals surface area contributed by atoms with Crippen molar-refractivity contribution in [2.24, 2.45) is 0 Å². The molecule has 2 amide bonds. The van der Waals surface area contributed by atoms with Crippen LogP contribution in [0.5, 0.6) is 0 Å². The first-order valence-corrected chi connectivity index (χ1v) is 10.1. The van der Waals surface area contributed by atoms with Gasteiger partial charge in [-0.15, -0.1) is 0 Å². The second-order valence-electron chi connectivity index (χ2n) is 8.43. The largest absolute Gasteiger partial charge is 0.330 e. The zero-order valence-corrected chi connectivity index (χ0v) is 17.1. The summed E-state index contributed by atoms with van der Waals surface area (Å²) in [7, 11) is 4.29. The maximum atomic E-state index is 12.9. The molecule has 2 heterocycles. The van der Waals surface area contributed by atoms with E-state index in [9.17, 15) is 4.79 Å². The number of anilines is 1. The van der Waals surface area contributed by atoms with E-state index in [1.165, 1.54) is 5.56 Å². The Hall–Kier alpha value is -2.91. The summed E-state index contributed by atoms with van der Waals surface area (Å²) in [6.07, 6.45) is 7.43. The second kappa shape index (κ2) is 7.49. The van der Waals surface area contributed by atoms with Crippen molar-refractivity contribution in [1.29, 1.82) is 5.26 Å². The van der Waals surface area contributed by atoms with Crippen LogP contribution in [0.15, 0.2) is 48.8 Å². The number of nitrogens with zero attached hydrogens (tertiary/aromatic N) is 4. The SMILES string of the molecule is CN(C)C1(c2ccccc2)CCC2(CC1)CN(c1cnccc1CC#N)C(=O)N2. The van der Waals surface area contributed by atoms with Crippen LogP contribution in [-0.2, 0) is 12.0 Å². The minimum absolute atomic E-state index is 0.00900. The van der Waals surface area contributed by atoms with Crippen LogP contribution >= 0.6 is 0 Å². The van der Waals surface area contributed by atoms with E-state index in [-0.39, 0.29) is 23.5 Å². The molecule has 1 aromatic heterocycles.